The number of carbonyl (C=O) groups is 2. The van der Waals surface area contributed by atoms with Crippen LogP contribution >= 0.6 is 11.6 Å². The van der Waals surface area contributed by atoms with Crippen LogP contribution in [0.5, 0.6) is 5.88 Å². The molecule has 12 heteroatoms. The van der Waals surface area contributed by atoms with E-state index < -0.39 is 11.5 Å². The Bertz CT molecular complexity index is 1600. The Morgan fingerprint density at radius 3 is 2.51 bits per heavy atom. The van der Waals surface area contributed by atoms with Crippen LogP contribution < -0.4 is 10.1 Å². The van der Waals surface area contributed by atoms with Crippen molar-refractivity contribution in [2.24, 2.45) is 0 Å². The smallest absolute Gasteiger partial charge is 0.377 e. The number of hydrogen-bond donors (Lipinski definition) is 1. The highest BCUT2D eigenvalue weighted by Crippen LogP contribution is 2.31. The fourth-order valence-corrected chi connectivity index (χ4v) is 5.17. The van der Waals surface area contributed by atoms with Crippen molar-refractivity contribution in [3.63, 3.8) is 0 Å². The minimum atomic E-state index is -0.610. The van der Waals surface area contributed by atoms with Crippen molar-refractivity contribution < 1.29 is 28.0 Å². The summed E-state index contributed by atoms with van der Waals surface area (Å²) in [6.07, 6.45) is 2.96. The average Bonchev–Trinajstić information content (AvgIpc) is 3.64. The maximum absolute atomic E-state index is 13.6. The standard InChI is InChI=1S/C31H33ClFN5O5/c1-31(2,3)38-28(19-5-7-21(33)8-6-19)24(17-34-38)29(39)35-22-9-10-25(32)20(15-22)18-37-13-11-23(12-14-37)42-27-16-26(43-36-27)30(40)41-4/h5-10,15-17,23H,11-14,18H2,1-4H3,(H,35,39). The monoisotopic (exact) mass is 609 g/mol. The Morgan fingerprint density at radius 2 is 1.84 bits per heavy atom. The number of nitrogens with one attached hydrogen (secondary N) is 1. The highest BCUT2D eigenvalue weighted by molar-refractivity contribution is 6.31. The van der Waals surface area contributed by atoms with Gasteiger partial charge in [0.05, 0.1) is 36.2 Å². The number of rotatable bonds is 8. The zero-order chi connectivity index (χ0) is 30.7. The summed E-state index contributed by atoms with van der Waals surface area (Å²) in [5, 5.41) is 11.9. The van der Waals surface area contributed by atoms with Gasteiger partial charge in [0.1, 0.15) is 11.9 Å². The van der Waals surface area contributed by atoms with Gasteiger partial charge in [-0.05, 0) is 86.8 Å². The number of methoxy groups -OCH3 is 1. The zero-order valence-electron chi connectivity index (χ0n) is 24.4. The minimum Gasteiger partial charge on any atom is -0.472 e. The van der Waals surface area contributed by atoms with Crippen LogP contribution in [0.25, 0.3) is 11.3 Å². The molecule has 1 fully saturated rings. The fourth-order valence-electron chi connectivity index (χ4n) is 4.99. The van der Waals surface area contributed by atoms with E-state index >= 15 is 0 Å². The molecule has 1 saturated heterocycles. The zero-order valence-corrected chi connectivity index (χ0v) is 25.2. The van der Waals surface area contributed by atoms with Gasteiger partial charge in [-0.2, -0.15) is 5.10 Å². The molecule has 0 aliphatic carbocycles. The van der Waals surface area contributed by atoms with Gasteiger partial charge in [0.2, 0.25) is 5.76 Å². The number of amides is 1. The number of benzene rings is 2. The molecule has 1 aliphatic rings. The minimum absolute atomic E-state index is 0.00809. The van der Waals surface area contributed by atoms with E-state index in [1.54, 1.807) is 28.9 Å². The van der Waals surface area contributed by atoms with Crippen molar-refractivity contribution in [2.75, 3.05) is 25.5 Å². The normalized spacial score (nSPS) is 14.5. The number of esters is 1. The first-order valence-corrected chi connectivity index (χ1v) is 14.3. The summed E-state index contributed by atoms with van der Waals surface area (Å²) in [4.78, 5) is 27.3. The molecule has 10 nitrogen and oxygen atoms in total. The molecule has 43 heavy (non-hydrogen) atoms. The third-order valence-electron chi connectivity index (χ3n) is 7.16. The van der Waals surface area contributed by atoms with Crippen molar-refractivity contribution >= 4 is 29.2 Å². The van der Waals surface area contributed by atoms with Crippen molar-refractivity contribution in [1.82, 2.24) is 19.8 Å². The van der Waals surface area contributed by atoms with E-state index in [9.17, 15) is 14.0 Å². The second-order valence-corrected chi connectivity index (χ2v) is 11.8. The lowest BCUT2D eigenvalue weighted by Gasteiger charge is -2.31. The first-order chi connectivity index (χ1) is 20.5. The third-order valence-corrected chi connectivity index (χ3v) is 7.53. The van der Waals surface area contributed by atoms with E-state index in [-0.39, 0.29) is 29.5 Å². The van der Waals surface area contributed by atoms with E-state index in [0.29, 0.717) is 34.1 Å². The largest absolute Gasteiger partial charge is 0.472 e. The predicted octanol–water partition coefficient (Wildman–Crippen LogP) is 6.17. The topological polar surface area (TPSA) is 112 Å². The number of piperidine rings is 1. The van der Waals surface area contributed by atoms with Crippen LogP contribution in [0.2, 0.25) is 5.02 Å². The molecule has 226 valence electrons. The van der Waals surface area contributed by atoms with Crippen LogP contribution in [0.3, 0.4) is 0 Å². The van der Waals surface area contributed by atoms with Gasteiger partial charge in [0.15, 0.2) is 0 Å². The highest BCUT2D eigenvalue weighted by Gasteiger charge is 2.26. The second-order valence-electron chi connectivity index (χ2n) is 11.4. The predicted molar refractivity (Wildman–Crippen MR) is 159 cm³/mol. The van der Waals surface area contributed by atoms with Crippen LogP contribution in [0.1, 0.15) is 60.1 Å². The number of hydrogen-bond acceptors (Lipinski definition) is 8. The molecule has 1 amide bonds. The fraction of sp³-hybridized carbons (Fsp3) is 0.355. The Labute approximate surface area is 253 Å². The molecule has 0 radical (unpaired) electrons. The molecular weight excluding hydrogens is 577 g/mol. The number of halogens is 2. The van der Waals surface area contributed by atoms with Crippen molar-refractivity contribution in [1.29, 1.82) is 0 Å². The summed E-state index contributed by atoms with van der Waals surface area (Å²) in [7, 11) is 1.27. The lowest BCUT2D eigenvalue weighted by molar-refractivity contribution is 0.0553. The summed E-state index contributed by atoms with van der Waals surface area (Å²) in [6, 6.07) is 12.9. The van der Waals surface area contributed by atoms with E-state index in [4.69, 9.17) is 20.9 Å². The van der Waals surface area contributed by atoms with Gasteiger partial charge in [-0.1, -0.05) is 11.6 Å². The molecule has 4 aromatic rings. The van der Waals surface area contributed by atoms with E-state index in [0.717, 1.165) is 31.5 Å². The molecule has 0 saturated carbocycles. The van der Waals surface area contributed by atoms with Crippen LogP contribution in [0.4, 0.5) is 10.1 Å². The Balaban J connectivity index is 1.24. The Kier molecular flexibility index (Phi) is 8.84. The van der Waals surface area contributed by atoms with E-state index in [1.807, 2.05) is 26.8 Å². The second kappa shape index (κ2) is 12.6. The van der Waals surface area contributed by atoms with Crippen LogP contribution in [-0.4, -0.2) is 58.0 Å². The number of aromatic nitrogens is 3. The molecule has 1 N–H and O–H groups in total. The average molecular weight is 610 g/mol. The molecule has 0 bridgehead atoms. The Hall–Kier alpha value is -4.22. The lowest BCUT2D eigenvalue weighted by Crippen LogP contribution is -2.37. The number of nitrogens with zero attached hydrogens (tertiary/aromatic N) is 4. The molecule has 0 unspecified atom stereocenters. The van der Waals surface area contributed by atoms with Gasteiger partial charge in [-0.25, -0.2) is 9.18 Å². The van der Waals surface area contributed by atoms with Gasteiger partial charge < -0.3 is 19.3 Å². The molecule has 3 heterocycles. The van der Waals surface area contributed by atoms with Crippen molar-refractivity contribution in [2.45, 2.75) is 51.8 Å². The van der Waals surface area contributed by atoms with Gasteiger partial charge in [0.25, 0.3) is 11.8 Å². The molecule has 5 rings (SSSR count). The summed E-state index contributed by atoms with van der Waals surface area (Å²) < 4.78 is 30.9. The number of likely N-dealkylation sites (tertiary alicyclic amines) is 1. The van der Waals surface area contributed by atoms with Gasteiger partial charge in [-0.3, -0.25) is 14.4 Å². The third kappa shape index (κ3) is 7.06. The van der Waals surface area contributed by atoms with Crippen LogP contribution in [0, 0.1) is 5.82 Å². The summed E-state index contributed by atoms with van der Waals surface area (Å²) >= 11 is 6.55. The number of anilines is 1. The Morgan fingerprint density at radius 1 is 1.12 bits per heavy atom. The molecule has 2 aromatic heterocycles. The summed E-state index contributed by atoms with van der Waals surface area (Å²) in [5.74, 6) is -1.05. The van der Waals surface area contributed by atoms with Gasteiger partial charge in [0, 0.05) is 35.9 Å². The molecule has 0 spiro atoms. The first kappa shape index (κ1) is 30.2. The first-order valence-electron chi connectivity index (χ1n) is 13.9. The van der Waals surface area contributed by atoms with Crippen molar-refractivity contribution in [3.05, 3.63) is 82.5 Å². The van der Waals surface area contributed by atoms with Crippen molar-refractivity contribution in [3.8, 4) is 17.1 Å². The number of ether oxygens (including phenoxy) is 2. The molecule has 0 atom stereocenters. The quantitative estimate of drug-likeness (QED) is 0.236. The van der Waals surface area contributed by atoms with E-state index in [1.165, 1.54) is 31.5 Å². The lowest BCUT2D eigenvalue weighted by atomic mass is 10.0. The van der Waals surface area contributed by atoms with Gasteiger partial charge in [-0.15, -0.1) is 0 Å². The number of carbonyl (C=O) groups excluding carboxylic acids is 2. The summed E-state index contributed by atoms with van der Waals surface area (Å²) in [5.41, 5.74) is 2.75. The molecule has 2 aromatic carbocycles. The van der Waals surface area contributed by atoms with Crippen LogP contribution in [-0.2, 0) is 16.8 Å². The highest BCUT2D eigenvalue weighted by atomic mass is 35.5. The maximum atomic E-state index is 13.6. The van der Waals surface area contributed by atoms with Crippen LogP contribution in [0.15, 0.2) is 59.3 Å². The molecule has 1 aliphatic heterocycles. The van der Waals surface area contributed by atoms with E-state index in [2.05, 4.69) is 25.2 Å². The van der Waals surface area contributed by atoms with Gasteiger partial charge >= 0.3 is 5.97 Å². The maximum Gasteiger partial charge on any atom is 0.377 e. The molecular formula is C31H33ClFN5O5. The summed E-state index contributed by atoms with van der Waals surface area (Å²) in [6.45, 7) is 8.08. The SMILES string of the molecule is COC(=O)c1cc(OC2CCN(Cc3cc(NC(=O)c4cnn(C(C)(C)C)c4-c4ccc(F)cc4)ccc3Cl)CC2)no1.